The zero-order valence-electron chi connectivity index (χ0n) is 16.9. The molecule has 166 valence electrons. The number of benzene rings is 2. The van der Waals surface area contributed by atoms with Crippen LogP contribution in [0.3, 0.4) is 0 Å². The van der Waals surface area contributed by atoms with Crippen molar-refractivity contribution in [3.8, 4) is 5.75 Å². The summed E-state index contributed by atoms with van der Waals surface area (Å²) in [5.41, 5.74) is 0.261. The Kier molecular flexibility index (Phi) is 7.11. The molecule has 0 atom stereocenters. The average molecular weight is 462 g/mol. The fraction of sp³-hybridized carbons (Fsp3) is 0.136. The van der Waals surface area contributed by atoms with Crippen LogP contribution in [0.25, 0.3) is 0 Å². The number of hydrogen-bond donors (Lipinski definition) is 1. The molecule has 0 unspecified atom stereocenters. The SMILES string of the molecule is COC(=O)c1cc(NC(=O)c2ccc(COc3ccc(F)cc3Cl)o2)cc(C(=O)OC)c1. The van der Waals surface area contributed by atoms with E-state index in [4.69, 9.17) is 20.8 Å². The van der Waals surface area contributed by atoms with E-state index in [1.54, 1.807) is 0 Å². The Bertz CT molecular complexity index is 1140. The second kappa shape index (κ2) is 9.97. The lowest BCUT2D eigenvalue weighted by Crippen LogP contribution is -2.13. The second-order valence-electron chi connectivity index (χ2n) is 6.37. The summed E-state index contributed by atoms with van der Waals surface area (Å²) >= 11 is 5.91. The number of ether oxygens (including phenoxy) is 3. The van der Waals surface area contributed by atoms with Crippen LogP contribution in [0.5, 0.6) is 5.75 Å². The van der Waals surface area contributed by atoms with Crippen molar-refractivity contribution in [1.82, 2.24) is 0 Å². The lowest BCUT2D eigenvalue weighted by molar-refractivity contribution is 0.0599. The van der Waals surface area contributed by atoms with Gasteiger partial charge in [0.1, 0.15) is 23.9 Å². The molecule has 0 fully saturated rings. The average Bonchev–Trinajstić information content (AvgIpc) is 3.26. The van der Waals surface area contributed by atoms with E-state index in [1.807, 2.05) is 0 Å². The monoisotopic (exact) mass is 461 g/mol. The Morgan fingerprint density at radius 1 is 0.969 bits per heavy atom. The fourth-order valence-electron chi connectivity index (χ4n) is 2.68. The molecular weight excluding hydrogens is 445 g/mol. The standard InChI is InChI=1S/C22H17ClFNO7/c1-29-21(27)12-7-13(22(28)30-2)9-15(8-12)25-20(26)19-6-4-16(32-19)11-31-18-5-3-14(24)10-17(18)23/h3-10H,11H2,1-2H3,(H,25,26). The van der Waals surface area contributed by atoms with Crippen LogP contribution in [0.15, 0.2) is 52.9 Å². The molecule has 3 aromatic rings. The van der Waals surface area contributed by atoms with Gasteiger partial charge >= 0.3 is 11.9 Å². The van der Waals surface area contributed by atoms with Gasteiger partial charge in [0.15, 0.2) is 5.76 Å². The quantitative estimate of drug-likeness (QED) is 0.517. The smallest absolute Gasteiger partial charge is 0.337 e. The molecule has 1 N–H and O–H groups in total. The number of furan rings is 1. The second-order valence-corrected chi connectivity index (χ2v) is 6.77. The van der Waals surface area contributed by atoms with Gasteiger partial charge in [0.2, 0.25) is 0 Å². The summed E-state index contributed by atoms with van der Waals surface area (Å²) in [6, 6.07) is 10.6. The van der Waals surface area contributed by atoms with E-state index in [-0.39, 0.29) is 40.0 Å². The summed E-state index contributed by atoms with van der Waals surface area (Å²) in [4.78, 5) is 36.3. The normalized spacial score (nSPS) is 10.4. The number of halogens is 2. The molecule has 8 nitrogen and oxygen atoms in total. The van der Waals surface area contributed by atoms with E-state index < -0.39 is 23.7 Å². The van der Waals surface area contributed by atoms with Crippen molar-refractivity contribution in [3.63, 3.8) is 0 Å². The first-order valence-corrected chi connectivity index (χ1v) is 9.48. The van der Waals surface area contributed by atoms with Crippen LogP contribution in [-0.2, 0) is 16.1 Å². The predicted octanol–water partition coefficient (Wildman–Crippen LogP) is 4.48. The Balaban J connectivity index is 1.73. The van der Waals surface area contributed by atoms with Crippen LogP contribution in [-0.4, -0.2) is 32.1 Å². The lowest BCUT2D eigenvalue weighted by Gasteiger charge is -2.09. The number of amides is 1. The molecule has 1 heterocycles. The molecule has 0 bridgehead atoms. The largest absolute Gasteiger partial charge is 0.484 e. The molecule has 0 saturated heterocycles. The molecule has 3 rings (SSSR count). The molecule has 0 aliphatic carbocycles. The number of nitrogens with one attached hydrogen (secondary N) is 1. The minimum atomic E-state index is -0.692. The third-order valence-corrected chi connectivity index (χ3v) is 4.48. The maximum absolute atomic E-state index is 13.1. The molecular formula is C22H17ClFNO7. The molecule has 0 radical (unpaired) electrons. The number of rotatable bonds is 7. The van der Waals surface area contributed by atoms with Crippen LogP contribution < -0.4 is 10.1 Å². The molecule has 32 heavy (non-hydrogen) atoms. The van der Waals surface area contributed by atoms with Gasteiger partial charge in [-0.05, 0) is 48.5 Å². The minimum Gasteiger partial charge on any atom is -0.484 e. The molecule has 1 aromatic heterocycles. The van der Waals surface area contributed by atoms with Crippen molar-refractivity contribution < 1.29 is 37.4 Å². The highest BCUT2D eigenvalue weighted by Gasteiger charge is 2.17. The third kappa shape index (κ3) is 5.44. The first kappa shape index (κ1) is 22.8. The first-order valence-electron chi connectivity index (χ1n) is 9.10. The molecule has 0 spiro atoms. The summed E-state index contributed by atoms with van der Waals surface area (Å²) < 4.78 is 33.4. The Hall–Kier alpha value is -3.85. The third-order valence-electron chi connectivity index (χ3n) is 4.18. The van der Waals surface area contributed by atoms with E-state index in [0.717, 1.165) is 6.07 Å². The molecule has 10 heteroatoms. The Morgan fingerprint density at radius 3 is 2.22 bits per heavy atom. The van der Waals surface area contributed by atoms with Gasteiger partial charge in [-0.3, -0.25) is 4.79 Å². The number of methoxy groups -OCH3 is 2. The number of carbonyl (C=O) groups excluding carboxylic acids is 3. The number of esters is 2. The molecule has 0 aliphatic rings. The summed E-state index contributed by atoms with van der Waals surface area (Å²) in [6.45, 7) is -0.0526. The van der Waals surface area contributed by atoms with Gasteiger partial charge in [-0.25, -0.2) is 14.0 Å². The maximum Gasteiger partial charge on any atom is 0.337 e. The predicted molar refractivity (Wildman–Crippen MR) is 112 cm³/mol. The zero-order chi connectivity index (χ0) is 23.3. The summed E-state index contributed by atoms with van der Waals surface area (Å²) in [5.74, 6) is -1.98. The maximum atomic E-state index is 13.1. The number of hydrogen-bond acceptors (Lipinski definition) is 7. The minimum absolute atomic E-state index is 0.0445. The van der Waals surface area contributed by atoms with Crippen LogP contribution >= 0.6 is 11.6 Å². The fourth-order valence-corrected chi connectivity index (χ4v) is 2.90. The Morgan fingerprint density at radius 2 is 1.62 bits per heavy atom. The van der Waals surface area contributed by atoms with Crippen molar-refractivity contribution in [2.24, 2.45) is 0 Å². The van der Waals surface area contributed by atoms with Crippen LogP contribution in [0.4, 0.5) is 10.1 Å². The van der Waals surface area contributed by atoms with Crippen molar-refractivity contribution in [2.75, 3.05) is 19.5 Å². The molecule has 2 aromatic carbocycles. The molecule has 0 saturated carbocycles. The number of anilines is 1. The highest BCUT2D eigenvalue weighted by atomic mass is 35.5. The van der Waals surface area contributed by atoms with Gasteiger partial charge < -0.3 is 23.9 Å². The van der Waals surface area contributed by atoms with Gasteiger partial charge in [-0.2, -0.15) is 0 Å². The van der Waals surface area contributed by atoms with Crippen molar-refractivity contribution >= 4 is 35.1 Å². The highest BCUT2D eigenvalue weighted by Crippen LogP contribution is 2.26. The van der Waals surface area contributed by atoms with Gasteiger partial charge in [0, 0.05) is 5.69 Å². The van der Waals surface area contributed by atoms with Crippen molar-refractivity contribution in [1.29, 1.82) is 0 Å². The van der Waals surface area contributed by atoms with Gasteiger partial charge in [0.25, 0.3) is 5.91 Å². The molecule has 0 aliphatic heterocycles. The van der Waals surface area contributed by atoms with Gasteiger partial charge in [-0.1, -0.05) is 11.6 Å². The van der Waals surface area contributed by atoms with Crippen molar-refractivity contribution in [2.45, 2.75) is 6.61 Å². The summed E-state index contributed by atoms with van der Waals surface area (Å²) in [7, 11) is 2.38. The van der Waals surface area contributed by atoms with E-state index in [1.165, 1.54) is 56.7 Å². The van der Waals surface area contributed by atoms with E-state index in [9.17, 15) is 18.8 Å². The van der Waals surface area contributed by atoms with E-state index in [0.29, 0.717) is 5.76 Å². The van der Waals surface area contributed by atoms with Crippen LogP contribution in [0.2, 0.25) is 5.02 Å². The summed E-state index contributed by atoms with van der Waals surface area (Å²) in [6.07, 6.45) is 0. The van der Waals surface area contributed by atoms with E-state index >= 15 is 0 Å². The topological polar surface area (TPSA) is 104 Å². The lowest BCUT2D eigenvalue weighted by atomic mass is 10.1. The van der Waals surface area contributed by atoms with Gasteiger partial charge in [0.05, 0.1) is 30.4 Å². The van der Waals surface area contributed by atoms with Crippen molar-refractivity contribution in [3.05, 3.63) is 82.0 Å². The van der Waals surface area contributed by atoms with Crippen LogP contribution in [0.1, 0.15) is 37.0 Å². The highest BCUT2D eigenvalue weighted by molar-refractivity contribution is 6.32. The van der Waals surface area contributed by atoms with Gasteiger partial charge in [-0.15, -0.1) is 0 Å². The van der Waals surface area contributed by atoms with E-state index in [2.05, 4.69) is 14.8 Å². The number of carbonyl (C=O) groups is 3. The molecule has 1 amide bonds. The summed E-state index contributed by atoms with van der Waals surface area (Å²) in [5, 5.41) is 2.65. The van der Waals surface area contributed by atoms with Crippen LogP contribution in [0, 0.1) is 5.82 Å². The first-order chi connectivity index (χ1) is 15.3. The Labute approximate surface area is 186 Å². The zero-order valence-corrected chi connectivity index (χ0v) is 17.7.